The number of carbonyl (C=O) groups is 1. The number of hydrogen-bond acceptors (Lipinski definition) is 3. The molecule has 1 aliphatic carbocycles. The van der Waals surface area contributed by atoms with Crippen molar-refractivity contribution >= 4 is 17.2 Å². The van der Waals surface area contributed by atoms with Crippen LogP contribution in [0.4, 0.5) is 0 Å². The maximum Gasteiger partial charge on any atom is 0.237 e. The largest absolute Gasteiger partial charge is 0.383 e. The Hall–Kier alpha value is -1.29. The topological polar surface area (TPSA) is 23.6 Å². The lowest BCUT2D eigenvalue weighted by Crippen LogP contribution is -2.39. The van der Waals surface area contributed by atoms with Crippen molar-refractivity contribution in [3.63, 3.8) is 0 Å². The van der Waals surface area contributed by atoms with Gasteiger partial charge in [-0.25, -0.2) is 0 Å². The smallest absolute Gasteiger partial charge is 0.237 e. The van der Waals surface area contributed by atoms with Gasteiger partial charge in [-0.2, -0.15) is 11.3 Å². The van der Waals surface area contributed by atoms with Crippen LogP contribution in [0.1, 0.15) is 32.3 Å². The third-order valence-electron chi connectivity index (χ3n) is 3.83. The maximum absolute atomic E-state index is 13.0. The van der Waals surface area contributed by atoms with Gasteiger partial charge in [0.1, 0.15) is 5.41 Å². The molecule has 0 unspecified atom stereocenters. The van der Waals surface area contributed by atoms with Crippen LogP contribution in [0.15, 0.2) is 28.6 Å². The number of amides is 1. The molecule has 1 aromatic heterocycles. The maximum atomic E-state index is 13.0. The summed E-state index contributed by atoms with van der Waals surface area (Å²) in [5.41, 5.74) is 2.02. The van der Waals surface area contributed by atoms with E-state index in [9.17, 15) is 4.79 Å². The monoisotopic (exact) mass is 292 g/mol. The van der Waals surface area contributed by atoms with Gasteiger partial charge in [-0.1, -0.05) is 6.92 Å². The van der Waals surface area contributed by atoms with Crippen LogP contribution in [0, 0.1) is 0 Å². The van der Waals surface area contributed by atoms with Crippen molar-refractivity contribution < 1.29 is 4.79 Å². The second-order valence-electron chi connectivity index (χ2n) is 5.60. The Morgan fingerprint density at radius 2 is 2.20 bits per heavy atom. The van der Waals surface area contributed by atoms with Crippen LogP contribution in [-0.2, 0) is 10.2 Å². The molecule has 1 amide bonds. The van der Waals surface area contributed by atoms with Crippen LogP contribution in [-0.4, -0.2) is 42.9 Å². The summed E-state index contributed by atoms with van der Waals surface area (Å²) in [7, 11) is 4.02. The Kier molecular flexibility index (Phi) is 4.53. The highest BCUT2D eigenvalue weighted by Gasteiger charge is 2.58. The number of likely N-dealkylation sites (N-methyl/N-ethyl adjacent to an activating group) is 1. The Morgan fingerprint density at radius 1 is 1.45 bits per heavy atom. The van der Waals surface area contributed by atoms with Gasteiger partial charge in [0.25, 0.3) is 0 Å². The second kappa shape index (κ2) is 6.00. The first-order valence-corrected chi connectivity index (χ1v) is 8.20. The minimum atomic E-state index is -0.380. The van der Waals surface area contributed by atoms with Crippen molar-refractivity contribution in [2.24, 2.45) is 0 Å². The van der Waals surface area contributed by atoms with Gasteiger partial charge in [0.2, 0.25) is 5.91 Å². The van der Waals surface area contributed by atoms with Gasteiger partial charge < -0.3 is 9.80 Å². The predicted octanol–water partition coefficient (Wildman–Crippen LogP) is 3.09. The van der Waals surface area contributed by atoms with Crippen molar-refractivity contribution in [2.45, 2.75) is 32.1 Å². The summed E-state index contributed by atoms with van der Waals surface area (Å²) < 4.78 is 0. The predicted molar refractivity (Wildman–Crippen MR) is 84.9 cm³/mol. The van der Waals surface area contributed by atoms with Crippen molar-refractivity contribution in [3.05, 3.63) is 34.2 Å². The third-order valence-corrected chi connectivity index (χ3v) is 4.52. The highest BCUT2D eigenvalue weighted by molar-refractivity contribution is 7.08. The van der Waals surface area contributed by atoms with Crippen molar-refractivity contribution in [1.29, 1.82) is 0 Å². The quantitative estimate of drug-likeness (QED) is 0.804. The van der Waals surface area contributed by atoms with Crippen LogP contribution < -0.4 is 0 Å². The summed E-state index contributed by atoms with van der Waals surface area (Å²) in [4.78, 5) is 17.0. The van der Waals surface area contributed by atoms with Crippen LogP contribution in [0.2, 0.25) is 0 Å². The van der Waals surface area contributed by atoms with Crippen LogP contribution in [0.5, 0.6) is 0 Å². The average molecular weight is 292 g/mol. The van der Waals surface area contributed by atoms with Gasteiger partial charge in [0.05, 0.1) is 0 Å². The van der Waals surface area contributed by atoms with Gasteiger partial charge >= 0.3 is 0 Å². The molecule has 110 valence electrons. The lowest BCUT2D eigenvalue weighted by atomic mass is 9.96. The standard InChI is InChI=1S/C16H24N2OS/c1-5-8-18(6-2)15(19)16(13-7-9-20-12-13)10-14(16)11-17(3)4/h7,9,11-12H,5-6,8,10H2,1-4H3/t16-/m1/s1. The van der Waals surface area contributed by atoms with Crippen LogP contribution in [0.3, 0.4) is 0 Å². The molecule has 0 saturated heterocycles. The lowest BCUT2D eigenvalue weighted by Gasteiger charge is -2.25. The summed E-state index contributed by atoms with van der Waals surface area (Å²) in [5.74, 6) is 0.272. The Labute approximate surface area is 125 Å². The SMILES string of the molecule is CCCN(CC)C(=O)[C@@]1(c2ccsc2)CC1=CN(C)C. The van der Waals surface area contributed by atoms with E-state index in [0.717, 1.165) is 31.5 Å². The first-order valence-electron chi connectivity index (χ1n) is 7.25. The first-order chi connectivity index (χ1) is 9.56. The van der Waals surface area contributed by atoms with Gasteiger partial charge in [0.15, 0.2) is 0 Å². The molecule has 1 aliphatic rings. The molecule has 0 aliphatic heterocycles. The molecule has 0 N–H and O–H groups in total. The molecular formula is C16H24N2OS. The molecule has 0 radical (unpaired) electrons. The second-order valence-corrected chi connectivity index (χ2v) is 6.38. The van der Waals surface area contributed by atoms with E-state index < -0.39 is 0 Å². The molecular weight excluding hydrogens is 268 g/mol. The van der Waals surface area contributed by atoms with Crippen molar-refractivity contribution in [1.82, 2.24) is 9.80 Å². The zero-order valence-electron chi connectivity index (χ0n) is 12.8. The third kappa shape index (κ3) is 2.62. The molecule has 1 fully saturated rings. The number of carbonyl (C=O) groups excluding carboxylic acids is 1. The summed E-state index contributed by atoms with van der Waals surface area (Å²) >= 11 is 1.67. The number of rotatable bonds is 6. The number of hydrogen-bond donors (Lipinski definition) is 0. The van der Waals surface area contributed by atoms with E-state index >= 15 is 0 Å². The lowest BCUT2D eigenvalue weighted by molar-refractivity contribution is -0.133. The van der Waals surface area contributed by atoms with E-state index in [1.165, 1.54) is 5.57 Å². The molecule has 0 bridgehead atoms. The molecule has 4 heteroatoms. The van der Waals surface area contributed by atoms with Crippen LogP contribution >= 0.6 is 11.3 Å². The minimum Gasteiger partial charge on any atom is -0.383 e. The Balaban J connectivity index is 2.33. The Morgan fingerprint density at radius 3 is 2.70 bits per heavy atom. The summed E-state index contributed by atoms with van der Waals surface area (Å²) in [6.45, 7) is 5.81. The number of thiophene rings is 1. The molecule has 1 saturated carbocycles. The molecule has 2 rings (SSSR count). The van der Waals surface area contributed by atoms with E-state index in [1.54, 1.807) is 11.3 Å². The molecule has 1 aromatic rings. The zero-order valence-corrected chi connectivity index (χ0v) is 13.7. The molecule has 3 nitrogen and oxygen atoms in total. The highest BCUT2D eigenvalue weighted by Crippen LogP contribution is 2.55. The van der Waals surface area contributed by atoms with E-state index in [1.807, 2.05) is 23.9 Å². The minimum absolute atomic E-state index is 0.272. The Bertz CT molecular complexity index is 493. The zero-order chi connectivity index (χ0) is 14.8. The van der Waals surface area contributed by atoms with E-state index in [2.05, 4.69) is 36.9 Å². The van der Waals surface area contributed by atoms with Gasteiger partial charge in [-0.15, -0.1) is 0 Å². The van der Waals surface area contributed by atoms with Gasteiger partial charge in [-0.3, -0.25) is 4.79 Å². The average Bonchev–Trinajstić information content (AvgIpc) is 2.88. The van der Waals surface area contributed by atoms with Crippen molar-refractivity contribution in [3.8, 4) is 0 Å². The van der Waals surface area contributed by atoms with Crippen LogP contribution in [0.25, 0.3) is 0 Å². The molecule has 0 spiro atoms. The van der Waals surface area contributed by atoms with Gasteiger partial charge in [-0.05, 0) is 53.9 Å². The summed E-state index contributed by atoms with van der Waals surface area (Å²) in [5, 5.41) is 4.18. The normalized spacial score (nSPS) is 22.9. The number of nitrogens with zero attached hydrogens (tertiary/aromatic N) is 2. The highest BCUT2D eigenvalue weighted by atomic mass is 32.1. The molecule has 1 atom stereocenters. The first kappa shape index (κ1) is 15.1. The van der Waals surface area contributed by atoms with Crippen molar-refractivity contribution in [2.75, 3.05) is 27.2 Å². The fourth-order valence-electron chi connectivity index (χ4n) is 2.78. The fraction of sp³-hybridized carbons (Fsp3) is 0.562. The summed E-state index contributed by atoms with van der Waals surface area (Å²) in [6, 6.07) is 2.10. The molecule has 0 aromatic carbocycles. The summed E-state index contributed by atoms with van der Waals surface area (Å²) in [6.07, 6.45) is 3.97. The molecule has 20 heavy (non-hydrogen) atoms. The molecule has 1 heterocycles. The fourth-order valence-corrected chi connectivity index (χ4v) is 3.51. The van der Waals surface area contributed by atoms with E-state index in [0.29, 0.717) is 0 Å². The van der Waals surface area contributed by atoms with E-state index in [-0.39, 0.29) is 11.3 Å². The van der Waals surface area contributed by atoms with E-state index in [4.69, 9.17) is 0 Å². The van der Waals surface area contributed by atoms with Gasteiger partial charge in [0, 0.05) is 27.2 Å².